The number of aromatic nitrogens is 2. The molecule has 11 heteroatoms. The van der Waals surface area contributed by atoms with Gasteiger partial charge in [0.2, 0.25) is 10.2 Å². The number of nitrogens with zero attached hydrogens (tertiary/aromatic N) is 3. The maximum atomic E-state index is 14.9. The highest BCUT2D eigenvalue weighted by atomic mass is 32.2. The lowest BCUT2D eigenvalue weighted by molar-refractivity contribution is -0.119. The minimum absolute atomic E-state index is 0.0522. The third-order valence-electron chi connectivity index (χ3n) is 5.14. The molecule has 2 amide bonds. The van der Waals surface area contributed by atoms with Gasteiger partial charge >= 0.3 is 6.09 Å². The molecule has 168 valence electrons. The minimum Gasteiger partial charge on any atom is -0.442 e. The summed E-state index contributed by atoms with van der Waals surface area (Å²) in [6.45, 7) is 1.91. The molecule has 0 radical (unpaired) electrons. The number of carbonyl (C=O) groups is 2. The Bertz CT molecular complexity index is 1090. The van der Waals surface area contributed by atoms with E-state index in [9.17, 15) is 18.2 Å². The molecule has 1 aromatic carbocycles. The van der Waals surface area contributed by atoms with Gasteiger partial charge in [0.25, 0.3) is 0 Å². The summed E-state index contributed by atoms with van der Waals surface area (Å²) in [5.74, 6) is -0.208. The van der Waals surface area contributed by atoms with Crippen LogP contribution >= 0.6 is 11.3 Å². The third kappa shape index (κ3) is 5.10. The van der Waals surface area contributed by atoms with Crippen molar-refractivity contribution in [2.24, 2.45) is 0 Å². The van der Waals surface area contributed by atoms with Crippen molar-refractivity contribution in [2.75, 3.05) is 13.1 Å². The molecule has 1 aromatic heterocycles. The summed E-state index contributed by atoms with van der Waals surface area (Å²) >= 11 is 1.25. The first-order valence-corrected chi connectivity index (χ1v) is 12.1. The van der Waals surface area contributed by atoms with E-state index in [0.717, 1.165) is 5.56 Å². The van der Waals surface area contributed by atoms with Gasteiger partial charge in [0.05, 0.1) is 35.7 Å². The van der Waals surface area contributed by atoms with Crippen LogP contribution in [-0.4, -0.2) is 56.5 Å². The number of rotatable bonds is 7. The van der Waals surface area contributed by atoms with Gasteiger partial charge in [-0.3, -0.25) is 13.9 Å². The number of halogens is 1. The zero-order chi connectivity index (χ0) is 22.7. The molecule has 3 atom stereocenters. The predicted octanol–water partition coefficient (Wildman–Crippen LogP) is 2.81. The maximum absolute atomic E-state index is 14.9. The fourth-order valence-electron chi connectivity index (χ4n) is 3.56. The number of cyclic esters (lactones) is 1. The Kier molecular flexibility index (Phi) is 6.75. The van der Waals surface area contributed by atoms with Crippen molar-refractivity contribution in [3.63, 3.8) is 0 Å². The number of benzene rings is 1. The van der Waals surface area contributed by atoms with Crippen LogP contribution in [0.15, 0.2) is 52.1 Å². The van der Waals surface area contributed by atoms with Gasteiger partial charge in [-0.05, 0) is 11.1 Å². The molecule has 0 bridgehead atoms. The van der Waals surface area contributed by atoms with Gasteiger partial charge < -0.3 is 10.1 Å². The second-order valence-corrected chi connectivity index (χ2v) is 9.89. The standard InChI is InChI=1S/C21H21FN4O4S2/c1-13(27)23-9-17-10-26(21(28)30-17)16-6-7-18(19(22)8-16)15-4-2-14(3-5-15)11-32(29)20-25-24-12-31-20/h2-7,12,16-17H,8-11H2,1H3,(H,23,27)/t16?,17-,32?/m0/s1. The van der Waals surface area contributed by atoms with Crippen molar-refractivity contribution in [3.8, 4) is 0 Å². The molecule has 1 aliphatic heterocycles. The molecule has 2 unspecified atom stereocenters. The van der Waals surface area contributed by atoms with Gasteiger partial charge in [-0.15, -0.1) is 10.2 Å². The molecule has 32 heavy (non-hydrogen) atoms. The maximum Gasteiger partial charge on any atom is 0.410 e. The number of ether oxygens (including phenoxy) is 1. The first kappa shape index (κ1) is 22.3. The Balaban J connectivity index is 1.38. The first-order valence-electron chi connectivity index (χ1n) is 9.93. The van der Waals surface area contributed by atoms with Crippen LogP contribution in [0.3, 0.4) is 0 Å². The normalized spacial score (nSPS) is 21.6. The molecule has 2 aliphatic rings. The van der Waals surface area contributed by atoms with Crippen molar-refractivity contribution in [2.45, 2.75) is 35.6 Å². The topological polar surface area (TPSA) is 101 Å². The highest BCUT2D eigenvalue weighted by Gasteiger charge is 2.36. The number of hydrogen-bond donors (Lipinski definition) is 1. The van der Waals surface area contributed by atoms with Crippen molar-refractivity contribution in [1.29, 1.82) is 0 Å². The zero-order valence-electron chi connectivity index (χ0n) is 17.2. The van der Waals surface area contributed by atoms with Gasteiger partial charge in [-0.2, -0.15) is 0 Å². The van der Waals surface area contributed by atoms with Gasteiger partial charge in [0, 0.05) is 18.9 Å². The summed E-state index contributed by atoms with van der Waals surface area (Å²) in [5, 5.41) is 10.2. The van der Waals surface area contributed by atoms with E-state index in [1.54, 1.807) is 29.8 Å². The lowest BCUT2D eigenvalue weighted by Gasteiger charge is -2.25. The second kappa shape index (κ2) is 9.70. The number of hydrogen-bond acceptors (Lipinski definition) is 7. The summed E-state index contributed by atoms with van der Waals surface area (Å²) in [5.41, 5.74) is 3.56. The molecule has 1 saturated heterocycles. The van der Waals surface area contributed by atoms with E-state index in [1.165, 1.54) is 23.2 Å². The molecule has 1 N–H and O–H groups in total. The van der Waals surface area contributed by atoms with Gasteiger partial charge in [-0.1, -0.05) is 47.8 Å². The average molecular weight is 477 g/mol. The Morgan fingerprint density at radius 2 is 2.16 bits per heavy atom. The largest absolute Gasteiger partial charge is 0.442 e. The van der Waals surface area contributed by atoms with Crippen LogP contribution in [0, 0.1) is 0 Å². The lowest BCUT2D eigenvalue weighted by atomic mass is 9.95. The fraction of sp³-hybridized carbons (Fsp3) is 0.333. The Labute approximate surface area is 190 Å². The van der Waals surface area contributed by atoms with Gasteiger partial charge in [-0.25, -0.2) is 9.18 Å². The summed E-state index contributed by atoms with van der Waals surface area (Å²) in [6.07, 6.45) is 2.55. The second-order valence-electron chi connectivity index (χ2n) is 7.44. The van der Waals surface area contributed by atoms with Gasteiger partial charge in [0.1, 0.15) is 17.4 Å². The average Bonchev–Trinajstić information content (AvgIpc) is 3.43. The van der Waals surface area contributed by atoms with E-state index in [-0.39, 0.29) is 31.2 Å². The fourth-order valence-corrected chi connectivity index (χ4v) is 5.33. The van der Waals surface area contributed by atoms with E-state index >= 15 is 0 Å². The SMILES string of the molecule is CC(=O)NC[C@H]1CN(C2C=CC(c3ccc(CS(=O)c4nncs4)cc3)=C(F)C2)C(=O)O1. The summed E-state index contributed by atoms with van der Waals surface area (Å²) < 4.78 is 33.0. The third-order valence-corrected chi connectivity index (χ3v) is 7.54. The van der Waals surface area contributed by atoms with Crippen LogP contribution in [0.2, 0.25) is 0 Å². The number of nitrogens with one attached hydrogen (secondary N) is 1. The molecule has 0 spiro atoms. The summed E-state index contributed by atoms with van der Waals surface area (Å²) in [4.78, 5) is 24.7. The van der Waals surface area contributed by atoms with Crippen molar-refractivity contribution < 1.29 is 22.9 Å². The molecular formula is C21H21FN4O4S2. The van der Waals surface area contributed by atoms with Crippen LogP contribution in [0.5, 0.6) is 0 Å². The molecule has 4 rings (SSSR count). The van der Waals surface area contributed by atoms with Crippen molar-refractivity contribution >= 4 is 39.7 Å². The van der Waals surface area contributed by atoms with E-state index in [1.807, 2.05) is 12.1 Å². The van der Waals surface area contributed by atoms with E-state index in [2.05, 4.69) is 15.5 Å². The van der Waals surface area contributed by atoms with Crippen LogP contribution < -0.4 is 5.32 Å². The molecule has 2 heterocycles. The van der Waals surface area contributed by atoms with E-state index in [4.69, 9.17) is 4.74 Å². The molecule has 1 fully saturated rings. The quantitative estimate of drug-likeness (QED) is 0.660. The smallest absolute Gasteiger partial charge is 0.410 e. The number of carbonyl (C=O) groups excluding carboxylic acids is 2. The highest BCUT2D eigenvalue weighted by Crippen LogP contribution is 2.32. The summed E-state index contributed by atoms with van der Waals surface area (Å²) in [7, 11) is -1.27. The molecule has 0 saturated carbocycles. The van der Waals surface area contributed by atoms with Crippen molar-refractivity contribution in [1.82, 2.24) is 20.4 Å². The van der Waals surface area contributed by atoms with E-state index < -0.39 is 29.0 Å². The molecular weight excluding hydrogens is 455 g/mol. The molecule has 8 nitrogen and oxygen atoms in total. The van der Waals surface area contributed by atoms with Crippen LogP contribution in [0.25, 0.3) is 5.57 Å². The van der Waals surface area contributed by atoms with Crippen LogP contribution in [-0.2, 0) is 26.1 Å². The van der Waals surface area contributed by atoms with Crippen LogP contribution in [0.4, 0.5) is 9.18 Å². The Hall–Kier alpha value is -2.92. The number of amides is 2. The Morgan fingerprint density at radius 3 is 2.81 bits per heavy atom. The monoisotopic (exact) mass is 476 g/mol. The minimum atomic E-state index is -1.27. The first-order chi connectivity index (χ1) is 15.4. The zero-order valence-corrected chi connectivity index (χ0v) is 18.8. The Morgan fingerprint density at radius 1 is 1.38 bits per heavy atom. The van der Waals surface area contributed by atoms with Crippen LogP contribution in [0.1, 0.15) is 24.5 Å². The molecule has 1 aliphatic carbocycles. The highest BCUT2D eigenvalue weighted by molar-refractivity contribution is 7.86. The lowest BCUT2D eigenvalue weighted by Crippen LogP contribution is -2.38. The van der Waals surface area contributed by atoms with Gasteiger partial charge in [0.15, 0.2) is 0 Å². The van der Waals surface area contributed by atoms with Crippen molar-refractivity contribution in [3.05, 3.63) is 58.9 Å². The predicted molar refractivity (Wildman–Crippen MR) is 118 cm³/mol. The van der Waals surface area contributed by atoms with E-state index in [0.29, 0.717) is 21.2 Å². The summed E-state index contributed by atoms with van der Waals surface area (Å²) in [6, 6.07) is 6.78. The number of allylic oxidation sites excluding steroid dienone is 2. The molecule has 2 aromatic rings.